The second-order valence-electron chi connectivity index (χ2n) is 4.38. The Labute approximate surface area is 82.1 Å². The Balaban J connectivity index is 3.56. The van der Waals surface area contributed by atoms with Gasteiger partial charge >= 0.3 is 0 Å². The van der Waals surface area contributed by atoms with E-state index in [0.717, 1.165) is 6.42 Å². The molecule has 1 amide bonds. The smallest absolute Gasteiger partial charge is 0.217 e. The first-order valence-corrected chi connectivity index (χ1v) is 5.26. The van der Waals surface area contributed by atoms with Gasteiger partial charge in [0.05, 0.1) is 0 Å². The summed E-state index contributed by atoms with van der Waals surface area (Å²) in [5.74, 6) is 0.0699. The molecule has 0 spiro atoms. The van der Waals surface area contributed by atoms with Crippen molar-refractivity contribution in [1.29, 1.82) is 0 Å². The Bertz CT molecular complexity index is 152. The molecule has 0 aromatic rings. The zero-order valence-corrected chi connectivity index (χ0v) is 9.44. The van der Waals surface area contributed by atoms with E-state index < -0.39 is 0 Å². The molecule has 0 bridgehead atoms. The predicted molar refractivity (Wildman–Crippen MR) is 56.7 cm³/mol. The van der Waals surface area contributed by atoms with Gasteiger partial charge in [0.2, 0.25) is 5.91 Å². The predicted octanol–water partition coefficient (Wildman–Crippen LogP) is 2.87. The summed E-state index contributed by atoms with van der Waals surface area (Å²) in [7, 11) is 0. The SMILES string of the molecule is CCCCCCC(C)(C)NC(C)=O. The third-order valence-electron chi connectivity index (χ3n) is 2.17. The number of carbonyl (C=O) groups is 1. The number of rotatable bonds is 6. The van der Waals surface area contributed by atoms with E-state index in [1.807, 2.05) is 0 Å². The van der Waals surface area contributed by atoms with Crippen molar-refractivity contribution in [3.63, 3.8) is 0 Å². The highest BCUT2D eigenvalue weighted by Gasteiger charge is 2.17. The van der Waals surface area contributed by atoms with Crippen LogP contribution in [0, 0.1) is 0 Å². The fourth-order valence-electron chi connectivity index (χ4n) is 1.53. The van der Waals surface area contributed by atoms with Gasteiger partial charge in [-0.25, -0.2) is 0 Å². The first-order chi connectivity index (χ1) is 5.98. The summed E-state index contributed by atoms with van der Waals surface area (Å²) in [6.07, 6.45) is 6.13. The summed E-state index contributed by atoms with van der Waals surface area (Å²) in [5.41, 5.74) is -0.0282. The molecule has 0 aliphatic rings. The van der Waals surface area contributed by atoms with E-state index in [1.165, 1.54) is 25.7 Å². The second kappa shape index (κ2) is 6.01. The second-order valence-corrected chi connectivity index (χ2v) is 4.38. The minimum Gasteiger partial charge on any atom is -0.351 e. The molecule has 0 heterocycles. The van der Waals surface area contributed by atoms with E-state index in [4.69, 9.17) is 0 Å². The van der Waals surface area contributed by atoms with Crippen LogP contribution in [0.15, 0.2) is 0 Å². The van der Waals surface area contributed by atoms with E-state index in [9.17, 15) is 4.79 Å². The number of unbranched alkanes of at least 4 members (excludes halogenated alkanes) is 3. The standard InChI is InChI=1S/C11H23NO/c1-5-6-7-8-9-11(3,4)12-10(2)13/h5-9H2,1-4H3,(H,12,13). The van der Waals surface area contributed by atoms with Crippen molar-refractivity contribution in [1.82, 2.24) is 5.32 Å². The van der Waals surface area contributed by atoms with Gasteiger partial charge in [0, 0.05) is 12.5 Å². The van der Waals surface area contributed by atoms with Gasteiger partial charge in [-0.05, 0) is 20.3 Å². The van der Waals surface area contributed by atoms with Crippen molar-refractivity contribution in [2.45, 2.75) is 65.3 Å². The molecular formula is C11H23NO. The molecule has 2 nitrogen and oxygen atoms in total. The van der Waals surface area contributed by atoms with Gasteiger partial charge in [-0.2, -0.15) is 0 Å². The summed E-state index contributed by atoms with van der Waals surface area (Å²) < 4.78 is 0. The van der Waals surface area contributed by atoms with Crippen LogP contribution in [0.1, 0.15) is 59.8 Å². The van der Waals surface area contributed by atoms with Crippen LogP contribution in [-0.2, 0) is 4.79 Å². The van der Waals surface area contributed by atoms with Gasteiger partial charge < -0.3 is 5.32 Å². The highest BCUT2D eigenvalue weighted by molar-refractivity contribution is 5.73. The largest absolute Gasteiger partial charge is 0.351 e. The molecule has 2 heteroatoms. The highest BCUT2D eigenvalue weighted by Crippen LogP contribution is 2.14. The van der Waals surface area contributed by atoms with Crippen LogP contribution in [0.5, 0.6) is 0 Å². The third-order valence-corrected chi connectivity index (χ3v) is 2.17. The van der Waals surface area contributed by atoms with Crippen molar-refractivity contribution in [2.24, 2.45) is 0 Å². The Hall–Kier alpha value is -0.530. The van der Waals surface area contributed by atoms with Gasteiger partial charge in [0.25, 0.3) is 0 Å². The Morgan fingerprint density at radius 1 is 1.23 bits per heavy atom. The third kappa shape index (κ3) is 7.82. The zero-order chi connectivity index (χ0) is 10.3. The average Bonchev–Trinajstić information content (AvgIpc) is 1.95. The molecule has 0 rings (SSSR count). The van der Waals surface area contributed by atoms with E-state index in [1.54, 1.807) is 6.92 Å². The van der Waals surface area contributed by atoms with Gasteiger partial charge in [-0.3, -0.25) is 4.79 Å². The van der Waals surface area contributed by atoms with Crippen molar-refractivity contribution in [2.75, 3.05) is 0 Å². The molecule has 0 aromatic carbocycles. The first-order valence-electron chi connectivity index (χ1n) is 5.26. The van der Waals surface area contributed by atoms with Crippen LogP contribution in [0.4, 0.5) is 0 Å². The van der Waals surface area contributed by atoms with E-state index >= 15 is 0 Å². The van der Waals surface area contributed by atoms with Crippen LogP contribution < -0.4 is 5.32 Å². The Morgan fingerprint density at radius 2 is 1.85 bits per heavy atom. The van der Waals surface area contributed by atoms with E-state index in [0.29, 0.717) is 0 Å². The summed E-state index contributed by atoms with van der Waals surface area (Å²) >= 11 is 0. The number of amides is 1. The monoisotopic (exact) mass is 185 g/mol. The highest BCUT2D eigenvalue weighted by atomic mass is 16.1. The first kappa shape index (κ1) is 12.5. The number of hydrogen-bond donors (Lipinski definition) is 1. The Kier molecular flexibility index (Phi) is 5.76. The summed E-state index contributed by atoms with van der Waals surface area (Å²) in [6, 6.07) is 0. The van der Waals surface area contributed by atoms with Crippen LogP contribution in [0.2, 0.25) is 0 Å². The summed E-state index contributed by atoms with van der Waals surface area (Å²) in [5, 5.41) is 2.96. The molecule has 0 fully saturated rings. The number of carbonyl (C=O) groups excluding carboxylic acids is 1. The molecule has 0 saturated heterocycles. The van der Waals surface area contributed by atoms with Crippen molar-refractivity contribution < 1.29 is 4.79 Å². The van der Waals surface area contributed by atoms with Crippen LogP contribution in [-0.4, -0.2) is 11.4 Å². The number of nitrogens with one attached hydrogen (secondary N) is 1. The van der Waals surface area contributed by atoms with Crippen molar-refractivity contribution in [3.05, 3.63) is 0 Å². The zero-order valence-electron chi connectivity index (χ0n) is 9.44. The maximum Gasteiger partial charge on any atom is 0.217 e. The van der Waals surface area contributed by atoms with Crippen molar-refractivity contribution in [3.8, 4) is 0 Å². The summed E-state index contributed by atoms with van der Waals surface area (Å²) in [4.78, 5) is 10.8. The lowest BCUT2D eigenvalue weighted by Crippen LogP contribution is -2.42. The molecule has 1 N–H and O–H groups in total. The van der Waals surface area contributed by atoms with Gasteiger partial charge in [0.1, 0.15) is 0 Å². The lowest BCUT2D eigenvalue weighted by Gasteiger charge is -2.25. The molecule has 0 aromatic heterocycles. The van der Waals surface area contributed by atoms with Gasteiger partial charge in [-0.1, -0.05) is 32.6 Å². The fraction of sp³-hybridized carbons (Fsp3) is 0.909. The molecule has 0 aliphatic carbocycles. The lowest BCUT2D eigenvalue weighted by molar-refractivity contribution is -0.120. The van der Waals surface area contributed by atoms with Gasteiger partial charge in [-0.15, -0.1) is 0 Å². The van der Waals surface area contributed by atoms with E-state index in [2.05, 4.69) is 26.1 Å². The average molecular weight is 185 g/mol. The van der Waals surface area contributed by atoms with E-state index in [-0.39, 0.29) is 11.4 Å². The maximum absolute atomic E-state index is 10.8. The fourth-order valence-corrected chi connectivity index (χ4v) is 1.53. The summed E-state index contributed by atoms with van der Waals surface area (Å²) in [6.45, 7) is 7.95. The topological polar surface area (TPSA) is 29.1 Å². The molecular weight excluding hydrogens is 162 g/mol. The van der Waals surface area contributed by atoms with Crippen molar-refractivity contribution >= 4 is 5.91 Å². The quantitative estimate of drug-likeness (QED) is 0.633. The normalized spacial score (nSPS) is 11.4. The molecule has 78 valence electrons. The van der Waals surface area contributed by atoms with Crippen LogP contribution in [0.3, 0.4) is 0 Å². The molecule has 0 atom stereocenters. The molecule has 0 radical (unpaired) electrons. The van der Waals surface area contributed by atoms with Crippen LogP contribution >= 0.6 is 0 Å². The minimum atomic E-state index is -0.0282. The van der Waals surface area contributed by atoms with Gasteiger partial charge in [0.15, 0.2) is 0 Å². The molecule has 0 unspecified atom stereocenters. The minimum absolute atomic E-state index is 0.0282. The molecule has 13 heavy (non-hydrogen) atoms. The lowest BCUT2D eigenvalue weighted by atomic mass is 9.96. The maximum atomic E-state index is 10.8. The molecule has 0 saturated carbocycles. The molecule has 0 aliphatic heterocycles. The van der Waals surface area contributed by atoms with Crippen LogP contribution in [0.25, 0.3) is 0 Å². The number of hydrogen-bond acceptors (Lipinski definition) is 1. The Morgan fingerprint density at radius 3 is 2.31 bits per heavy atom.